The van der Waals surface area contributed by atoms with E-state index < -0.39 is 83.7 Å². The number of esters is 2. The molecule has 1 aromatic rings. The Bertz CT molecular complexity index is 2080. The summed E-state index contributed by atoms with van der Waals surface area (Å²) in [6, 6.07) is 1.24. The molecular formula is C52H81N3O15P2. The van der Waals surface area contributed by atoms with E-state index >= 15 is 0 Å². The predicted octanol–water partition coefficient (Wildman–Crippen LogP) is 10.4. The van der Waals surface area contributed by atoms with Crippen molar-refractivity contribution in [2.45, 2.75) is 173 Å². The summed E-state index contributed by atoms with van der Waals surface area (Å²) in [6.45, 7) is 1.98. The number of aromatic nitrogens is 2. The lowest BCUT2D eigenvalue weighted by Crippen LogP contribution is -2.36. The lowest BCUT2D eigenvalue weighted by molar-refractivity contribution is -0.161. The maximum absolute atomic E-state index is 12.8. The van der Waals surface area contributed by atoms with Crippen molar-refractivity contribution in [3.63, 3.8) is 0 Å². The zero-order valence-electron chi connectivity index (χ0n) is 42.2. The molecule has 0 aromatic carbocycles. The third-order valence-electron chi connectivity index (χ3n) is 10.6. The number of rotatable bonds is 40. The van der Waals surface area contributed by atoms with Gasteiger partial charge in [-0.25, -0.2) is 13.9 Å². The van der Waals surface area contributed by atoms with Gasteiger partial charge >= 0.3 is 33.3 Å². The standard InChI is InChI=1S/C52H81N3O15P2/c1-3-5-7-9-11-13-15-17-19-21-23-25-27-29-31-33-35-37-47(56)65-41-44(68-48(57)38-36-34-32-30-28-26-24-22-20-18-16-14-12-10-8-6-4-2)42-66-71(61,62)70-72(63,64)67-43-45-49(58)50(59)51(69-45)55-40-39-46(53)54-52(55)60/h11-14,17-20,23-26,29-32,39-40,44-45,49-51,58-59H,3-10,15-16,21-22,27-28,33-38,41-43H2,1-2H3,(H,61,62)(H,63,64)(H2,53,54,60)/b13-11-,14-12-,19-17-,20-18-,25-23-,26-24-,31-29-,32-30-/t44-,45-,49+,50?,51-/m1/s1. The summed E-state index contributed by atoms with van der Waals surface area (Å²) in [5, 5.41) is 20.9. The Morgan fingerprint density at radius 3 is 1.58 bits per heavy atom. The fourth-order valence-electron chi connectivity index (χ4n) is 6.71. The van der Waals surface area contributed by atoms with Gasteiger partial charge in [0.05, 0.1) is 13.2 Å². The second-order valence-electron chi connectivity index (χ2n) is 17.0. The van der Waals surface area contributed by atoms with E-state index in [9.17, 15) is 43.5 Å². The van der Waals surface area contributed by atoms with E-state index in [0.29, 0.717) is 25.7 Å². The summed E-state index contributed by atoms with van der Waals surface area (Å²) >= 11 is 0. The minimum Gasteiger partial charge on any atom is -0.462 e. The molecule has 18 nitrogen and oxygen atoms in total. The van der Waals surface area contributed by atoms with Crippen LogP contribution in [0.3, 0.4) is 0 Å². The summed E-state index contributed by atoms with van der Waals surface area (Å²) < 4.78 is 56.6. The van der Waals surface area contributed by atoms with Gasteiger partial charge in [0.15, 0.2) is 12.3 Å². The normalized spacial score (nSPS) is 19.9. The first-order chi connectivity index (χ1) is 34.7. The first kappa shape index (κ1) is 63.8. The summed E-state index contributed by atoms with van der Waals surface area (Å²) in [6.07, 6.45) is 43.6. The van der Waals surface area contributed by atoms with Crippen molar-refractivity contribution >= 4 is 33.4 Å². The molecular weight excluding hydrogens is 969 g/mol. The topological polar surface area (TPSA) is 265 Å². The third kappa shape index (κ3) is 31.3. The van der Waals surface area contributed by atoms with Crippen molar-refractivity contribution in [1.29, 1.82) is 0 Å². The number of nitrogens with zero attached hydrogens (tertiary/aromatic N) is 2. The quantitative estimate of drug-likeness (QED) is 0.0177. The fraction of sp³-hybridized carbons (Fsp3) is 0.577. The number of aliphatic hydroxyl groups excluding tert-OH is 2. The van der Waals surface area contributed by atoms with Crippen LogP contribution < -0.4 is 11.4 Å². The molecule has 20 heteroatoms. The number of carbonyl (C=O) groups is 2. The van der Waals surface area contributed by atoms with Crippen LogP contribution in [0.15, 0.2) is 114 Å². The second-order valence-corrected chi connectivity index (χ2v) is 20.0. The predicted molar refractivity (Wildman–Crippen MR) is 279 cm³/mol. The molecule has 2 rings (SSSR count). The third-order valence-corrected chi connectivity index (χ3v) is 13.2. The van der Waals surface area contributed by atoms with Crippen molar-refractivity contribution in [3.05, 3.63) is 120 Å². The van der Waals surface area contributed by atoms with E-state index in [1.54, 1.807) is 0 Å². The van der Waals surface area contributed by atoms with Crippen molar-refractivity contribution in [3.8, 4) is 0 Å². The number of unbranched alkanes of at least 4 members (excludes halogenated alkanes) is 8. The van der Waals surface area contributed by atoms with Crippen molar-refractivity contribution in [1.82, 2.24) is 9.55 Å². The molecule has 6 N–H and O–H groups in total. The highest BCUT2D eigenvalue weighted by Crippen LogP contribution is 2.60. The van der Waals surface area contributed by atoms with Crippen LogP contribution in [0.5, 0.6) is 0 Å². The average Bonchev–Trinajstić information content (AvgIpc) is 3.62. The summed E-state index contributed by atoms with van der Waals surface area (Å²) in [5.74, 6) is -1.44. The molecule has 1 aliphatic heterocycles. The number of hydrogen-bond acceptors (Lipinski definition) is 15. The molecule has 2 heterocycles. The number of ether oxygens (including phenoxy) is 3. The lowest BCUT2D eigenvalue weighted by atomic mass is 10.1. The Morgan fingerprint density at radius 1 is 0.667 bits per heavy atom. The van der Waals surface area contributed by atoms with Crippen LogP contribution in [0.1, 0.15) is 148 Å². The van der Waals surface area contributed by atoms with E-state index in [-0.39, 0.29) is 18.7 Å². The van der Waals surface area contributed by atoms with Gasteiger partial charge in [-0.3, -0.25) is 23.2 Å². The monoisotopic (exact) mass is 1050 g/mol. The number of aliphatic hydroxyl groups is 2. The molecule has 3 unspecified atom stereocenters. The van der Waals surface area contributed by atoms with E-state index in [1.807, 2.05) is 24.3 Å². The number of allylic oxidation sites excluding steroid dienone is 16. The molecule has 1 fully saturated rings. The number of nitrogen functional groups attached to an aromatic ring is 1. The van der Waals surface area contributed by atoms with Crippen LogP contribution in [0.4, 0.5) is 5.82 Å². The molecule has 0 saturated carbocycles. The van der Waals surface area contributed by atoms with E-state index in [1.165, 1.54) is 44.6 Å². The maximum Gasteiger partial charge on any atom is 0.481 e. The first-order valence-corrected chi connectivity index (χ1v) is 28.2. The lowest BCUT2D eigenvalue weighted by Gasteiger charge is -2.21. The Morgan fingerprint density at radius 2 is 1.11 bits per heavy atom. The highest BCUT2D eigenvalue weighted by atomic mass is 31.3. The van der Waals surface area contributed by atoms with Crippen LogP contribution >= 0.6 is 15.6 Å². The summed E-state index contributed by atoms with van der Waals surface area (Å²) in [4.78, 5) is 61.9. The van der Waals surface area contributed by atoms with Crippen LogP contribution in [0.25, 0.3) is 0 Å². The fourth-order valence-corrected chi connectivity index (χ4v) is 8.82. The first-order valence-electron chi connectivity index (χ1n) is 25.2. The van der Waals surface area contributed by atoms with E-state index in [4.69, 9.17) is 29.0 Å². The summed E-state index contributed by atoms with van der Waals surface area (Å²) in [7, 11) is -10.9. The molecule has 1 saturated heterocycles. The zero-order valence-corrected chi connectivity index (χ0v) is 44.0. The number of phosphoric acid groups is 2. The van der Waals surface area contributed by atoms with Crippen LogP contribution in [0.2, 0.25) is 0 Å². The summed E-state index contributed by atoms with van der Waals surface area (Å²) in [5.41, 5.74) is 4.58. The minimum absolute atomic E-state index is 0.0338. The molecule has 0 aliphatic carbocycles. The van der Waals surface area contributed by atoms with Crippen molar-refractivity contribution in [2.75, 3.05) is 25.6 Å². The number of carbonyl (C=O) groups excluding carboxylic acids is 2. The highest BCUT2D eigenvalue weighted by molar-refractivity contribution is 7.61. The smallest absolute Gasteiger partial charge is 0.462 e. The number of phosphoric ester groups is 2. The molecule has 404 valence electrons. The highest BCUT2D eigenvalue weighted by Gasteiger charge is 2.46. The number of anilines is 1. The van der Waals surface area contributed by atoms with Gasteiger partial charge < -0.3 is 39.9 Å². The van der Waals surface area contributed by atoms with Gasteiger partial charge in [-0.05, 0) is 96.0 Å². The minimum atomic E-state index is -5.45. The maximum atomic E-state index is 12.8. The Labute approximate surface area is 426 Å². The van der Waals surface area contributed by atoms with Crippen molar-refractivity contribution in [2.24, 2.45) is 0 Å². The van der Waals surface area contributed by atoms with Gasteiger partial charge in [-0.1, -0.05) is 137 Å². The van der Waals surface area contributed by atoms with Gasteiger partial charge in [-0.15, -0.1) is 0 Å². The number of hydrogen-bond donors (Lipinski definition) is 5. The average molecular weight is 1050 g/mol. The zero-order chi connectivity index (χ0) is 52.7. The van der Waals surface area contributed by atoms with Gasteiger partial charge in [0.2, 0.25) is 0 Å². The molecule has 72 heavy (non-hydrogen) atoms. The number of nitrogens with two attached hydrogens (primary N) is 1. The van der Waals surface area contributed by atoms with E-state index in [2.05, 4.69) is 96.1 Å². The Balaban J connectivity index is 1.86. The van der Waals surface area contributed by atoms with Crippen LogP contribution in [-0.2, 0) is 46.3 Å². The van der Waals surface area contributed by atoms with E-state index in [0.717, 1.165) is 62.1 Å². The van der Waals surface area contributed by atoms with Crippen LogP contribution in [-0.4, -0.2) is 85.7 Å². The molecule has 1 aromatic heterocycles. The SMILES string of the molecule is CCCCC/C=C\C/C=C\C/C=C\C/C=C\CCCC(=O)OC[C@H](COP(=O)(O)OP(=O)(O)OC[C@H]1O[C@@H](n2ccc(N)nc2=O)C(O)[C@H]1O)OC(=O)CCC/C=C\C/C=C\C/C=C\C/C=C\CCCCC. The van der Waals surface area contributed by atoms with Gasteiger partial charge in [0.1, 0.15) is 30.7 Å². The molecule has 0 radical (unpaired) electrons. The van der Waals surface area contributed by atoms with Gasteiger partial charge in [-0.2, -0.15) is 9.29 Å². The van der Waals surface area contributed by atoms with Gasteiger partial charge in [0, 0.05) is 19.0 Å². The Hall–Kier alpha value is -4.32. The molecule has 0 bridgehead atoms. The molecule has 0 spiro atoms. The van der Waals surface area contributed by atoms with Crippen LogP contribution in [0, 0.1) is 0 Å². The van der Waals surface area contributed by atoms with Gasteiger partial charge in [0.25, 0.3) is 0 Å². The Kier molecular flexibility index (Phi) is 34.7. The second kappa shape index (κ2) is 39.2. The largest absolute Gasteiger partial charge is 0.481 e. The molecule has 1 aliphatic rings. The molecule has 0 amide bonds. The van der Waals surface area contributed by atoms with Crippen molar-refractivity contribution < 1.29 is 66.3 Å². The molecule has 7 atom stereocenters.